The summed E-state index contributed by atoms with van der Waals surface area (Å²) in [5.74, 6) is -1.93. The van der Waals surface area contributed by atoms with Crippen LogP contribution in [0.25, 0.3) is 0 Å². The number of rotatable bonds is 2. The third-order valence-corrected chi connectivity index (χ3v) is 5.25. The van der Waals surface area contributed by atoms with Crippen LogP contribution in [0.2, 0.25) is 5.02 Å². The molecule has 0 saturated heterocycles. The maximum atomic E-state index is 14.2. The molecule has 3 aromatic rings. The molecular weight excluding hydrogens is 368 g/mol. The van der Waals surface area contributed by atoms with Gasteiger partial charge in [0.2, 0.25) is 0 Å². The van der Waals surface area contributed by atoms with E-state index in [1.807, 2.05) is 42.5 Å². The lowest BCUT2D eigenvalue weighted by molar-refractivity contribution is 0.0689. The van der Waals surface area contributed by atoms with E-state index in [-0.39, 0.29) is 5.56 Å². The van der Waals surface area contributed by atoms with Gasteiger partial charge in [-0.1, -0.05) is 54.1 Å². The Kier molecular flexibility index (Phi) is 4.66. The number of carbonyl (C=O) groups is 1. The molecule has 1 atom stereocenters. The minimum atomic E-state index is -0.738. The van der Waals surface area contributed by atoms with Crippen molar-refractivity contribution in [3.05, 3.63) is 106 Å². The average Bonchev–Trinajstić information content (AvgIpc) is 2.69. The number of nitrogens with zero attached hydrogens (tertiary/aromatic N) is 1. The summed E-state index contributed by atoms with van der Waals surface area (Å²) in [6.45, 7) is 0.391. The molecular formula is C22H16ClF2NO. The zero-order valence-corrected chi connectivity index (χ0v) is 15.1. The van der Waals surface area contributed by atoms with Gasteiger partial charge >= 0.3 is 0 Å². The van der Waals surface area contributed by atoms with Crippen LogP contribution in [0.1, 0.15) is 33.1 Å². The van der Waals surface area contributed by atoms with Gasteiger partial charge in [0.1, 0.15) is 11.6 Å². The minimum absolute atomic E-state index is 0.272. The van der Waals surface area contributed by atoms with Gasteiger partial charge in [-0.2, -0.15) is 0 Å². The quantitative estimate of drug-likeness (QED) is 0.579. The van der Waals surface area contributed by atoms with Gasteiger partial charge in [-0.05, 0) is 47.4 Å². The first-order chi connectivity index (χ1) is 13.1. The van der Waals surface area contributed by atoms with Gasteiger partial charge in [-0.15, -0.1) is 0 Å². The number of hydrogen-bond donors (Lipinski definition) is 0. The van der Waals surface area contributed by atoms with E-state index in [0.29, 0.717) is 18.0 Å². The summed E-state index contributed by atoms with van der Waals surface area (Å²) in [7, 11) is 0. The SMILES string of the molecule is O=C(c1cc(F)ccc1F)N1CCc2ccccc2[C@H]1c1ccccc1Cl. The van der Waals surface area contributed by atoms with Crippen molar-refractivity contribution in [1.29, 1.82) is 0 Å². The van der Waals surface area contributed by atoms with Crippen LogP contribution in [-0.4, -0.2) is 17.4 Å². The molecule has 0 bridgehead atoms. The summed E-state index contributed by atoms with van der Waals surface area (Å²) in [5.41, 5.74) is 2.55. The fourth-order valence-electron chi connectivity index (χ4n) is 3.63. The number of halogens is 3. The predicted octanol–water partition coefficient (Wildman–Crippen LogP) is 5.41. The van der Waals surface area contributed by atoms with Crippen molar-refractivity contribution in [1.82, 2.24) is 4.90 Å². The molecule has 0 spiro atoms. The van der Waals surface area contributed by atoms with Crippen molar-refractivity contribution in [3.8, 4) is 0 Å². The topological polar surface area (TPSA) is 20.3 Å². The normalized spacial score (nSPS) is 16.1. The molecule has 3 aromatic carbocycles. The zero-order chi connectivity index (χ0) is 19.0. The van der Waals surface area contributed by atoms with Crippen LogP contribution in [0.5, 0.6) is 0 Å². The van der Waals surface area contributed by atoms with Crippen LogP contribution in [0.3, 0.4) is 0 Å². The maximum Gasteiger partial charge on any atom is 0.257 e. The van der Waals surface area contributed by atoms with Crippen molar-refractivity contribution < 1.29 is 13.6 Å². The Bertz CT molecular complexity index is 1020. The second-order valence-electron chi connectivity index (χ2n) is 6.50. The summed E-state index contributed by atoms with van der Waals surface area (Å²) in [5, 5.41) is 0.525. The molecule has 136 valence electrons. The molecule has 1 aliphatic rings. The van der Waals surface area contributed by atoms with Gasteiger partial charge in [0.05, 0.1) is 11.6 Å². The molecule has 0 fully saturated rings. The van der Waals surface area contributed by atoms with Crippen molar-refractivity contribution in [3.63, 3.8) is 0 Å². The second kappa shape index (κ2) is 7.12. The standard InChI is InChI=1S/C22H16ClF2NO/c23-19-8-4-3-7-17(19)21-16-6-2-1-5-14(16)11-12-26(21)22(27)18-13-15(24)9-10-20(18)25/h1-10,13,21H,11-12H2/t21-/m0/s1. The molecule has 2 nitrogen and oxygen atoms in total. The van der Waals surface area contributed by atoms with Crippen molar-refractivity contribution in [2.45, 2.75) is 12.5 Å². The van der Waals surface area contributed by atoms with Gasteiger partial charge in [0, 0.05) is 11.6 Å². The van der Waals surface area contributed by atoms with Gasteiger partial charge in [-0.3, -0.25) is 4.79 Å². The highest BCUT2D eigenvalue weighted by Gasteiger charge is 2.34. The fourth-order valence-corrected chi connectivity index (χ4v) is 3.87. The highest BCUT2D eigenvalue weighted by molar-refractivity contribution is 6.31. The van der Waals surface area contributed by atoms with Crippen LogP contribution in [0, 0.1) is 11.6 Å². The Morgan fingerprint density at radius 1 is 0.963 bits per heavy atom. The molecule has 5 heteroatoms. The first-order valence-corrected chi connectivity index (χ1v) is 9.02. The monoisotopic (exact) mass is 383 g/mol. The zero-order valence-electron chi connectivity index (χ0n) is 14.3. The second-order valence-corrected chi connectivity index (χ2v) is 6.90. The molecule has 1 aliphatic heterocycles. The maximum absolute atomic E-state index is 14.2. The third kappa shape index (κ3) is 3.21. The van der Waals surface area contributed by atoms with E-state index in [4.69, 9.17) is 11.6 Å². The lowest BCUT2D eigenvalue weighted by Gasteiger charge is -2.38. The molecule has 1 heterocycles. The van der Waals surface area contributed by atoms with Crippen molar-refractivity contribution >= 4 is 17.5 Å². The van der Waals surface area contributed by atoms with Gasteiger partial charge in [0.25, 0.3) is 5.91 Å². The molecule has 0 aromatic heterocycles. The van der Waals surface area contributed by atoms with E-state index in [2.05, 4.69) is 0 Å². The number of fused-ring (bicyclic) bond motifs is 1. The molecule has 0 unspecified atom stereocenters. The third-order valence-electron chi connectivity index (χ3n) is 4.90. The lowest BCUT2D eigenvalue weighted by Crippen LogP contribution is -2.41. The number of hydrogen-bond acceptors (Lipinski definition) is 1. The summed E-state index contributed by atoms with van der Waals surface area (Å²) in [4.78, 5) is 14.7. The molecule has 0 N–H and O–H groups in total. The fraction of sp³-hybridized carbons (Fsp3) is 0.136. The van der Waals surface area contributed by atoms with E-state index in [9.17, 15) is 13.6 Å². The number of carbonyl (C=O) groups excluding carboxylic acids is 1. The van der Waals surface area contributed by atoms with E-state index in [0.717, 1.165) is 34.9 Å². The first-order valence-electron chi connectivity index (χ1n) is 8.64. The first kappa shape index (κ1) is 17.7. The van der Waals surface area contributed by atoms with Crippen molar-refractivity contribution in [2.75, 3.05) is 6.54 Å². The summed E-state index contributed by atoms with van der Waals surface area (Å²) < 4.78 is 27.9. The molecule has 0 radical (unpaired) electrons. The Morgan fingerprint density at radius 3 is 2.44 bits per heavy atom. The summed E-state index contributed by atoms with van der Waals surface area (Å²) >= 11 is 6.42. The Labute approximate surface area is 161 Å². The molecule has 4 rings (SSSR count). The van der Waals surface area contributed by atoms with Gasteiger partial charge in [0.15, 0.2) is 0 Å². The summed E-state index contributed by atoms with van der Waals surface area (Å²) in [6, 6.07) is 17.6. The van der Waals surface area contributed by atoms with Crippen LogP contribution in [-0.2, 0) is 6.42 Å². The minimum Gasteiger partial charge on any atom is -0.327 e. The van der Waals surface area contributed by atoms with Crippen LogP contribution in [0.15, 0.2) is 66.7 Å². The number of amides is 1. The van der Waals surface area contributed by atoms with Crippen LogP contribution in [0.4, 0.5) is 8.78 Å². The average molecular weight is 384 g/mol. The molecule has 1 amide bonds. The van der Waals surface area contributed by atoms with E-state index in [1.165, 1.54) is 0 Å². The number of benzene rings is 3. The smallest absolute Gasteiger partial charge is 0.257 e. The van der Waals surface area contributed by atoms with E-state index < -0.39 is 23.6 Å². The molecule has 0 saturated carbocycles. The largest absolute Gasteiger partial charge is 0.327 e. The summed E-state index contributed by atoms with van der Waals surface area (Å²) in [6.07, 6.45) is 0.639. The molecule has 0 aliphatic carbocycles. The Morgan fingerprint density at radius 2 is 1.67 bits per heavy atom. The van der Waals surface area contributed by atoms with Crippen LogP contribution >= 0.6 is 11.6 Å². The van der Waals surface area contributed by atoms with Gasteiger partial charge in [-0.25, -0.2) is 8.78 Å². The predicted molar refractivity (Wildman–Crippen MR) is 101 cm³/mol. The Balaban J connectivity index is 1.85. The van der Waals surface area contributed by atoms with E-state index in [1.54, 1.807) is 11.0 Å². The highest BCUT2D eigenvalue weighted by atomic mass is 35.5. The van der Waals surface area contributed by atoms with Crippen molar-refractivity contribution in [2.24, 2.45) is 0 Å². The highest BCUT2D eigenvalue weighted by Crippen LogP contribution is 2.39. The lowest BCUT2D eigenvalue weighted by atomic mass is 9.87. The Hall–Kier alpha value is -2.72. The van der Waals surface area contributed by atoms with E-state index >= 15 is 0 Å². The van der Waals surface area contributed by atoms with Crippen LogP contribution < -0.4 is 0 Å². The molecule has 27 heavy (non-hydrogen) atoms. The van der Waals surface area contributed by atoms with Gasteiger partial charge < -0.3 is 4.90 Å².